The lowest BCUT2D eigenvalue weighted by atomic mass is 10.0. The van der Waals surface area contributed by atoms with Gasteiger partial charge in [-0.05, 0) is 54.7 Å². The molecule has 1 heterocycles. The maximum absolute atomic E-state index is 13.4. The molecule has 28 heavy (non-hydrogen) atoms. The van der Waals surface area contributed by atoms with Crippen molar-refractivity contribution < 1.29 is 18.4 Å². The Labute approximate surface area is 168 Å². The number of rotatable bonds is 3. The van der Waals surface area contributed by atoms with Crippen LogP contribution in [0.3, 0.4) is 0 Å². The minimum absolute atomic E-state index is 0.178. The van der Waals surface area contributed by atoms with E-state index in [2.05, 4.69) is 6.07 Å². The predicted octanol–water partition coefficient (Wildman–Crippen LogP) is 2.65. The molecule has 0 bridgehead atoms. The summed E-state index contributed by atoms with van der Waals surface area (Å²) in [6.07, 6.45) is 0.691. The topological polar surface area (TPSA) is 86.7 Å². The Hall–Kier alpha value is -1.87. The number of carbonyl (C=O) groups excluding carboxylic acids is 1. The molecule has 1 saturated heterocycles. The predicted molar refractivity (Wildman–Crippen MR) is 109 cm³/mol. The molecule has 2 aromatic rings. The van der Waals surface area contributed by atoms with E-state index in [1.165, 1.54) is 21.6 Å². The monoisotopic (exact) mass is 418 g/mol. The van der Waals surface area contributed by atoms with Crippen molar-refractivity contribution in [2.75, 3.05) is 12.3 Å². The smallest absolute Gasteiger partial charge is 0.263 e. The maximum Gasteiger partial charge on any atom is 0.263 e. The van der Waals surface area contributed by atoms with Gasteiger partial charge < -0.3 is 0 Å². The van der Waals surface area contributed by atoms with Gasteiger partial charge in [-0.15, -0.1) is 0 Å². The number of hydroxylamine groups is 1. The fourth-order valence-corrected chi connectivity index (χ4v) is 7.30. The van der Waals surface area contributed by atoms with Crippen molar-refractivity contribution in [3.8, 4) is 11.1 Å². The van der Waals surface area contributed by atoms with Crippen molar-refractivity contribution in [1.29, 1.82) is 0 Å². The zero-order valence-corrected chi connectivity index (χ0v) is 17.3. The van der Waals surface area contributed by atoms with Crippen molar-refractivity contribution in [1.82, 2.24) is 9.79 Å². The van der Waals surface area contributed by atoms with Gasteiger partial charge in [-0.2, -0.15) is 16.1 Å². The van der Waals surface area contributed by atoms with Crippen molar-refractivity contribution in [3.05, 3.63) is 53.6 Å². The molecule has 4 rings (SSSR count). The quantitative estimate of drug-likeness (QED) is 0.504. The molecule has 148 valence electrons. The largest absolute Gasteiger partial charge is 0.289 e. The second-order valence-corrected chi connectivity index (χ2v) is 11.2. The third-order valence-corrected chi connectivity index (χ3v) is 8.68. The highest BCUT2D eigenvalue weighted by molar-refractivity contribution is 8.00. The molecular weight excluding hydrogens is 396 g/mol. The van der Waals surface area contributed by atoms with Crippen LogP contribution in [0, 0.1) is 0 Å². The summed E-state index contributed by atoms with van der Waals surface area (Å²) in [7, 11) is -3.90. The van der Waals surface area contributed by atoms with Gasteiger partial charge in [0.15, 0.2) is 0 Å². The highest BCUT2D eigenvalue weighted by Crippen LogP contribution is 2.41. The lowest BCUT2D eigenvalue weighted by Gasteiger charge is -2.43. The Morgan fingerprint density at radius 1 is 1.18 bits per heavy atom. The second-order valence-electron chi connectivity index (χ2n) is 7.60. The summed E-state index contributed by atoms with van der Waals surface area (Å²) in [5, 5.41) is 9.17. The minimum Gasteiger partial charge on any atom is -0.289 e. The number of benzene rings is 2. The molecule has 1 fully saturated rings. The SMILES string of the molecule is CC1(C)SCCN(S(=O)(=O)c2ccc3c(c2)Cc2ccccc2-3)[C@H]1C(=O)NO. The van der Waals surface area contributed by atoms with Gasteiger partial charge in [-0.1, -0.05) is 30.3 Å². The fraction of sp³-hybridized carbons (Fsp3) is 0.350. The Kier molecular flexibility index (Phi) is 4.78. The fourth-order valence-electron chi connectivity index (χ4n) is 4.14. The van der Waals surface area contributed by atoms with Crippen LogP contribution < -0.4 is 5.48 Å². The van der Waals surface area contributed by atoms with Crippen LogP contribution >= 0.6 is 11.8 Å². The first kappa shape index (κ1) is 19.4. The van der Waals surface area contributed by atoms with E-state index in [4.69, 9.17) is 0 Å². The van der Waals surface area contributed by atoms with E-state index in [-0.39, 0.29) is 11.4 Å². The van der Waals surface area contributed by atoms with Crippen molar-refractivity contribution in [3.63, 3.8) is 0 Å². The van der Waals surface area contributed by atoms with Crippen molar-refractivity contribution in [2.24, 2.45) is 0 Å². The first-order valence-electron chi connectivity index (χ1n) is 9.06. The molecule has 6 nitrogen and oxygen atoms in total. The lowest BCUT2D eigenvalue weighted by Crippen LogP contribution is -2.61. The molecule has 2 aromatic carbocycles. The summed E-state index contributed by atoms with van der Waals surface area (Å²) in [6.45, 7) is 3.85. The van der Waals surface area contributed by atoms with Gasteiger partial charge in [0.1, 0.15) is 6.04 Å². The Bertz CT molecular complexity index is 1050. The Balaban J connectivity index is 1.74. The molecule has 1 aliphatic carbocycles. The number of carbonyl (C=O) groups is 1. The highest BCUT2D eigenvalue weighted by atomic mass is 32.2. The zero-order chi connectivity index (χ0) is 20.1. The van der Waals surface area contributed by atoms with Crippen LogP contribution in [0.25, 0.3) is 11.1 Å². The normalized spacial score (nSPS) is 21.0. The van der Waals surface area contributed by atoms with Crippen LogP contribution in [0.4, 0.5) is 0 Å². The van der Waals surface area contributed by atoms with Crippen LogP contribution in [-0.4, -0.2) is 46.9 Å². The van der Waals surface area contributed by atoms with Crippen LogP contribution in [0.2, 0.25) is 0 Å². The van der Waals surface area contributed by atoms with Gasteiger partial charge in [-0.25, -0.2) is 13.9 Å². The number of nitrogens with one attached hydrogen (secondary N) is 1. The average Bonchev–Trinajstić information content (AvgIpc) is 3.04. The molecule has 1 aliphatic heterocycles. The van der Waals surface area contributed by atoms with Gasteiger partial charge >= 0.3 is 0 Å². The molecule has 1 amide bonds. The number of thioether (sulfide) groups is 1. The van der Waals surface area contributed by atoms with E-state index in [9.17, 15) is 18.4 Å². The van der Waals surface area contributed by atoms with Crippen LogP contribution in [0.5, 0.6) is 0 Å². The summed E-state index contributed by atoms with van der Waals surface area (Å²) in [5.41, 5.74) is 5.97. The first-order valence-corrected chi connectivity index (χ1v) is 11.5. The Morgan fingerprint density at radius 2 is 1.89 bits per heavy atom. The third-order valence-electron chi connectivity index (χ3n) is 5.46. The van der Waals surface area contributed by atoms with Gasteiger partial charge in [0.2, 0.25) is 10.0 Å². The molecule has 0 aromatic heterocycles. The number of hydrogen-bond acceptors (Lipinski definition) is 5. The van der Waals surface area contributed by atoms with Gasteiger partial charge in [0.05, 0.1) is 4.90 Å². The number of amides is 1. The highest BCUT2D eigenvalue weighted by Gasteiger charge is 2.48. The molecule has 2 aliphatic rings. The van der Waals surface area contributed by atoms with E-state index in [0.29, 0.717) is 12.2 Å². The number of hydrogen-bond donors (Lipinski definition) is 2. The second kappa shape index (κ2) is 6.88. The molecule has 0 unspecified atom stereocenters. The molecule has 2 N–H and O–H groups in total. The average molecular weight is 419 g/mol. The van der Waals surface area contributed by atoms with E-state index in [0.717, 1.165) is 16.7 Å². The number of nitrogens with zero attached hydrogens (tertiary/aromatic N) is 1. The van der Waals surface area contributed by atoms with Crippen LogP contribution in [0.1, 0.15) is 25.0 Å². The molecule has 8 heteroatoms. The Morgan fingerprint density at radius 3 is 2.64 bits per heavy atom. The van der Waals surface area contributed by atoms with E-state index >= 15 is 0 Å². The summed E-state index contributed by atoms with van der Waals surface area (Å²) >= 11 is 1.52. The summed E-state index contributed by atoms with van der Waals surface area (Å²) in [6, 6.07) is 12.2. The number of sulfonamides is 1. The summed E-state index contributed by atoms with van der Waals surface area (Å²) in [4.78, 5) is 12.5. The molecule has 0 radical (unpaired) electrons. The first-order chi connectivity index (χ1) is 13.3. The molecule has 0 spiro atoms. The van der Waals surface area contributed by atoms with E-state index in [1.807, 2.05) is 38.1 Å². The van der Waals surface area contributed by atoms with E-state index in [1.54, 1.807) is 17.6 Å². The standard InChI is InChI=1S/C20H22N2O4S2/c1-20(2)18(19(23)21-24)22(9-10-27-20)28(25,26)15-7-8-17-14(12-15)11-13-5-3-4-6-16(13)17/h3-8,12,18,24H,9-11H2,1-2H3,(H,21,23)/t18-/m0/s1. The number of fused-ring (bicyclic) bond motifs is 3. The van der Waals surface area contributed by atoms with Crippen LogP contribution in [0.15, 0.2) is 47.4 Å². The van der Waals surface area contributed by atoms with E-state index < -0.39 is 26.7 Å². The van der Waals surface area contributed by atoms with Gasteiger partial charge in [-0.3, -0.25) is 10.0 Å². The van der Waals surface area contributed by atoms with Crippen molar-refractivity contribution in [2.45, 2.75) is 36.0 Å². The lowest BCUT2D eigenvalue weighted by molar-refractivity contribution is -0.134. The molecule has 0 saturated carbocycles. The maximum atomic E-state index is 13.4. The minimum atomic E-state index is -3.90. The van der Waals surface area contributed by atoms with Crippen LogP contribution in [-0.2, 0) is 21.2 Å². The van der Waals surface area contributed by atoms with Gasteiger partial charge in [0, 0.05) is 17.0 Å². The molecule has 1 atom stereocenters. The third kappa shape index (κ3) is 3.04. The summed E-state index contributed by atoms with van der Waals surface area (Å²) < 4.78 is 27.4. The summed E-state index contributed by atoms with van der Waals surface area (Å²) in [5.74, 6) is -0.132. The zero-order valence-electron chi connectivity index (χ0n) is 15.7. The van der Waals surface area contributed by atoms with Crippen molar-refractivity contribution >= 4 is 27.7 Å². The van der Waals surface area contributed by atoms with Gasteiger partial charge in [0.25, 0.3) is 5.91 Å². The molecular formula is C20H22N2O4S2.